The molecule has 0 aliphatic rings. The summed E-state index contributed by atoms with van der Waals surface area (Å²) in [7, 11) is 3.41. The molecule has 0 saturated carbocycles. The molecule has 100 valence electrons. The Morgan fingerprint density at radius 2 is 2.21 bits per heavy atom. The molecule has 3 nitrogen and oxygen atoms in total. The number of carbonyl (C=O) groups is 1. The van der Waals surface area contributed by atoms with E-state index in [9.17, 15) is 4.79 Å². The number of halogens is 1. The summed E-state index contributed by atoms with van der Waals surface area (Å²) in [5, 5.41) is 2.01. The van der Waals surface area contributed by atoms with E-state index in [1.807, 2.05) is 17.5 Å². The van der Waals surface area contributed by atoms with Gasteiger partial charge in [0.25, 0.3) is 5.91 Å². The number of carbonyl (C=O) groups excluding carboxylic acids is 1. The number of ether oxygens (including phenoxy) is 1. The predicted molar refractivity (Wildman–Crippen MR) is 80.8 cm³/mol. The average molecular weight is 340 g/mol. The molecule has 2 aromatic rings. The number of amides is 1. The maximum atomic E-state index is 12.3. The van der Waals surface area contributed by atoms with Crippen LogP contribution in [0.4, 0.5) is 0 Å². The number of hydrogen-bond acceptors (Lipinski definition) is 3. The first-order valence-corrected chi connectivity index (χ1v) is 7.40. The van der Waals surface area contributed by atoms with Crippen LogP contribution in [0.3, 0.4) is 0 Å². The van der Waals surface area contributed by atoms with Crippen molar-refractivity contribution in [3.05, 3.63) is 50.6 Å². The van der Waals surface area contributed by atoms with Gasteiger partial charge in [-0.2, -0.15) is 0 Å². The second-order valence-corrected chi connectivity index (χ2v) is 5.98. The Kier molecular flexibility index (Phi) is 4.61. The number of benzene rings is 1. The molecule has 0 aliphatic carbocycles. The molecule has 0 atom stereocenters. The molecule has 0 saturated heterocycles. The van der Waals surface area contributed by atoms with Gasteiger partial charge in [0.1, 0.15) is 5.75 Å². The summed E-state index contributed by atoms with van der Waals surface area (Å²) in [6, 6.07) is 9.36. The van der Waals surface area contributed by atoms with Gasteiger partial charge in [-0.3, -0.25) is 4.79 Å². The third kappa shape index (κ3) is 3.36. The highest BCUT2D eigenvalue weighted by molar-refractivity contribution is 9.10. The number of methoxy groups -OCH3 is 1. The zero-order valence-electron chi connectivity index (χ0n) is 10.7. The molecule has 2 rings (SSSR count). The molecule has 0 N–H and O–H groups in total. The number of thiophene rings is 1. The largest absolute Gasteiger partial charge is 0.496 e. The van der Waals surface area contributed by atoms with Gasteiger partial charge in [-0.15, -0.1) is 11.3 Å². The molecular weight excluding hydrogens is 326 g/mol. The van der Waals surface area contributed by atoms with Gasteiger partial charge in [0, 0.05) is 17.5 Å². The average Bonchev–Trinajstić information content (AvgIpc) is 2.90. The van der Waals surface area contributed by atoms with Crippen molar-refractivity contribution in [3.63, 3.8) is 0 Å². The van der Waals surface area contributed by atoms with Crippen molar-refractivity contribution in [1.82, 2.24) is 4.90 Å². The summed E-state index contributed by atoms with van der Waals surface area (Å²) in [6.45, 7) is 0.625. The van der Waals surface area contributed by atoms with Gasteiger partial charge >= 0.3 is 0 Å². The third-order valence-corrected chi connectivity index (χ3v) is 4.20. The molecule has 19 heavy (non-hydrogen) atoms. The Balaban J connectivity index is 2.12. The van der Waals surface area contributed by atoms with E-state index in [0.29, 0.717) is 12.1 Å². The zero-order chi connectivity index (χ0) is 13.8. The molecule has 1 aromatic carbocycles. The molecule has 1 amide bonds. The van der Waals surface area contributed by atoms with Gasteiger partial charge in [0.05, 0.1) is 18.1 Å². The third-order valence-electron chi connectivity index (χ3n) is 2.72. The van der Waals surface area contributed by atoms with Crippen molar-refractivity contribution in [1.29, 1.82) is 0 Å². The summed E-state index contributed by atoms with van der Waals surface area (Å²) in [4.78, 5) is 15.2. The minimum absolute atomic E-state index is 0.00301. The van der Waals surface area contributed by atoms with Crippen LogP contribution in [0, 0.1) is 0 Å². The van der Waals surface area contributed by atoms with E-state index >= 15 is 0 Å². The summed E-state index contributed by atoms with van der Waals surface area (Å²) in [5.41, 5.74) is 0.645. The van der Waals surface area contributed by atoms with Crippen molar-refractivity contribution in [2.75, 3.05) is 14.2 Å². The van der Waals surface area contributed by atoms with Gasteiger partial charge in [0.2, 0.25) is 0 Å². The smallest absolute Gasteiger partial charge is 0.253 e. The minimum Gasteiger partial charge on any atom is -0.496 e. The fraction of sp³-hybridized carbons (Fsp3) is 0.214. The SMILES string of the molecule is COc1ccc(C(=O)N(C)Cc2cccs2)cc1Br. The van der Waals surface area contributed by atoms with Crippen LogP contribution in [0.5, 0.6) is 5.75 Å². The molecule has 1 aromatic heterocycles. The first kappa shape index (κ1) is 14.1. The fourth-order valence-corrected chi connectivity index (χ4v) is 3.03. The Labute approximate surface area is 124 Å². The van der Waals surface area contributed by atoms with Crippen molar-refractivity contribution >= 4 is 33.2 Å². The van der Waals surface area contributed by atoms with Crippen molar-refractivity contribution in [3.8, 4) is 5.75 Å². The number of nitrogens with zero attached hydrogens (tertiary/aromatic N) is 1. The van der Waals surface area contributed by atoms with E-state index in [1.54, 1.807) is 48.6 Å². The van der Waals surface area contributed by atoms with Crippen LogP contribution in [0.25, 0.3) is 0 Å². The standard InChI is InChI=1S/C14H14BrNO2S/c1-16(9-11-4-3-7-19-11)14(17)10-5-6-13(18-2)12(15)8-10/h3-8H,9H2,1-2H3. The molecule has 0 aliphatic heterocycles. The van der Waals surface area contributed by atoms with E-state index in [-0.39, 0.29) is 5.91 Å². The maximum absolute atomic E-state index is 12.3. The molecule has 0 fully saturated rings. The van der Waals surface area contributed by atoms with Crippen molar-refractivity contribution < 1.29 is 9.53 Å². The van der Waals surface area contributed by atoms with Gasteiger partial charge in [-0.25, -0.2) is 0 Å². The normalized spacial score (nSPS) is 10.3. The van der Waals surface area contributed by atoms with Crippen LogP contribution >= 0.6 is 27.3 Å². The van der Waals surface area contributed by atoms with Gasteiger partial charge in [0.15, 0.2) is 0 Å². The van der Waals surface area contributed by atoms with Gasteiger partial charge in [-0.1, -0.05) is 6.07 Å². The van der Waals surface area contributed by atoms with Crippen LogP contribution in [0.1, 0.15) is 15.2 Å². The first-order valence-electron chi connectivity index (χ1n) is 5.73. The molecule has 5 heteroatoms. The lowest BCUT2D eigenvalue weighted by Crippen LogP contribution is -2.25. The number of hydrogen-bond donors (Lipinski definition) is 0. The van der Waals surface area contributed by atoms with E-state index in [4.69, 9.17) is 4.74 Å². The monoisotopic (exact) mass is 339 g/mol. The van der Waals surface area contributed by atoms with Crippen LogP contribution in [0.15, 0.2) is 40.2 Å². The molecule has 0 bridgehead atoms. The van der Waals surface area contributed by atoms with Crippen LogP contribution in [0.2, 0.25) is 0 Å². The first-order chi connectivity index (χ1) is 9.11. The topological polar surface area (TPSA) is 29.5 Å². The second kappa shape index (κ2) is 6.21. The van der Waals surface area contributed by atoms with E-state index in [1.165, 1.54) is 4.88 Å². The lowest BCUT2D eigenvalue weighted by atomic mass is 10.2. The minimum atomic E-state index is -0.00301. The maximum Gasteiger partial charge on any atom is 0.253 e. The second-order valence-electron chi connectivity index (χ2n) is 4.09. The van der Waals surface area contributed by atoms with Crippen LogP contribution < -0.4 is 4.74 Å². The number of rotatable bonds is 4. The summed E-state index contributed by atoms with van der Waals surface area (Å²) in [6.07, 6.45) is 0. The van der Waals surface area contributed by atoms with Crippen LogP contribution in [-0.4, -0.2) is 25.0 Å². The molecule has 1 heterocycles. The quantitative estimate of drug-likeness (QED) is 0.847. The highest BCUT2D eigenvalue weighted by Gasteiger charge is 2.14. The molecule has 0 spiro atoms. The Morgan fingerprint density at radius 3 is 2.79 bits per heavy atom. The van der Waals surface area contributed by atoms with Crippen molar-refractivity contribution in [2.45, 2.75) is 6.54 Å². The van der Waals surface area contributed by atoms with Gasteiger partial charge in [-0.05, 0) is 45.6 Å². The highest BCUT2D eigenvalue weighted by atomic mass is 79.9. The molecule has 0 radical (unpaired) electrons. The van der Waals surface area contributed by atoms with E-state index in [2.05, 4.69) is 15.9 Å². The Morgan fingerprint density at radius 1 is 1.42 bits per heavy atom. The van der Waals surface area contributed by atoms with E-state index in [0.717, 1.165) is 10.2 Å². The lowest BCUT2D eigenvalue weighted by Gasteiger charge is -2.16. The fourth-order valence-electron chi connectivity index (χ4n) is 1.73. The van der Waals surface area contributed by atoms with E-state index < -0.39 is 0 Å². The Hall–Kier alpha value is -1.33. The highest BCUT2D eigenvalue weighted by Crippen LogP contribution is 2.26. The van der Waals surface area contributed by atoms with Crippen molar-refractivity contribution in [2.24, 2.45) is 0 Å². The van der Waals surface area contributed by atoms with Gasteiger partial charge < -0.3 is 9.64 Å². The zero-order valence-corrected chi connectivity index (χ0v) is 13.1. The summed E-state index contributed by atoms with van der Waals surface area (Å²) in [5.74, 6) is 0.717. The summed E-state index contributed by atoms with van der Waals surface area (Å²) >= 11 is 5.04. The molecule has 0 unspecified atom stereocenters. The summed E-state index contributed by atoms with van der Waals surface area (Å²) < 4.78 is 5.94. The van der Waals surface area contributed by atoms with Crippen LogP contribution in [-0.2, 0) is 6.54 Å². The lowest BCUT2D eigenvalue weighted by molar-refractivity contribution is 0.0786. The predicted octanol–water partition coefficient (Wildman–Crippen LogP) is 3.79. The molecular formula is C14H14BrNO2S. The Bertz CT molecular complexity index is 569.